The van der Waals surface area contributed by atoms with Gasteiger partial charge in [-0.25, -0.2) is 4.79 Å². The van der Waals surface area contributed by atoms with Gasteiger partial charge in [0.1, 0.15) is 11.4 Å². The van der Waals surface area contributed by atoms with Gasteiger partial charge >= 0.3 is 6.09 Å². The molecule has 1 heterocycles. The van der Waals surface area contributed by atoms with Gasteiger partial charge < -0.3 is 30.7 Å². The molecule has 4 N–H and O–H groups in total. The van der Waals surface area contributed by atoms with Gasteiger partial charge in [0.05, 0.1) is 27.7 Å². The minimum atomic E-state index is -0.554. The highest BCUT2D eigenvalue weighted by Crippen LogP contribution is 2.36. The van der Waals surface area contributed by atoms with E-state index in [1.807, 2.05) is 27.7 Å². The molecule has 0 radical (unpaired) electrons. The molecule has 11 heteroatoms. The van der Waals surface area contributed by atoms with Crippen molar-refractivity contribution in [1.82, 2.24) is 21.3 Å². The van der Waals surface area contributed by atoms with Gasteiger partial charge in [0.2, 0.25) is 5.91 Å². The zero-order chi connectivity index (χ0) is 25.8. The number of alkyl carbamates (subject to hydrolysis) is 1. The molecule has 1 aromatic carbocycles. The smallest absolute Gasteiger partial charge is 0.407 e. The van der Waals surface area contributed by atoms with Crippen molar-refractivity contribution < 1.29 is 23.9 Å². The lowest BCUT2D eigenvalue weighted by Gasteiger charge is -2.31. The molecule has 2 aliphatic rings. The minimum Gasteiger partial charge on any atom is -0.484 e. The van der Waals surface area contributed by atoms with Gasteiger partial charge in [-0.2, -0.15) is 0 Å². The highest BCUT2D eigenvalue weighted by atomic mass is 35.5. The molecule has 194 valence electrons. The Labute approximate surface area is 216 Å². The monoisotopic (exact) mass is 528 g/mol. The fourth-order valence-electron chi connectivity index (χ4n) is 3.96. The molecule has 1 aliphatic heterocycles. The van der Waals surface area contributed by atoms with Gasteiger partial charge in [-0.1, -0.05) is 23.2 Å². The first-order valence-corrected chi connectivity index (χ1v) is 12.5. The number of hydrogen-bond donors (Lipinski definition) is 4. The summed E-state index contributed by atoms with van der Waals surface area (Å²) >= 11 is 11.8. The molecule has 0 spiro atoms. The molecule has 2 fully saturated rings. The summed E-state index contributed by atoms with van der Waals surface area (Å²) in [6.07, 6.45) is 1.64. The minimum absolute atomic E-state index is 0.113. The summed E-state index contributed by atoms with van der Waals surface area (Å²) in [7, 11) is 0. The third-order valence-electron chi connectivity index (χ3n) is 6.00. The molecule has 1 saturated heterocycles. The number of nitrogens with one attached hydrogen (secondary N) is 4. The number of piperidine rings is 1. The number of carbonyl (C=O) groups is 3. The molecule has 4 unspecified atom stereocenters. The number of hydrogen-bond acceptors (Lipinski definition) is 6. The molecule has 0 bridgehead atoms. The van der Waals surface area contributed by atoms with E-state index in [9.17, 15) is 14.4 Å². The van der Waals surface area contributed by atoms with Crippen LogP contribution in [-0.4, -0.2) is 60.8 Å². The van der Waals surface area contributed by atoms with Crippen molar-refractivity contribution in [2.45, 2.75) is 70.2 Å². The second kappa shape index (κ2) is 11.2. The highest BCUT2D eigenvalue weighted by molar-refractivity contribution is 6.42. The molecule has 1 aliphatic carbocycles. The Morgan fingerprint density at radius 1 is 1.20 bits per heavy atom. The molecule has 35 heavy (non-hydrogen) atoms. The second-order valence-electron chi connectivity index (χ2n) is 10.4. The third kappa shape index (κ3) is 8.44. The SMILES string of the molecule is CC(C)(C)OC(=O)NCC1CCNC(C(=O)NC2(C)CC2NC(=O)COc2ccc(Cl)c(Cl)c2)C1. The summed E-state index contributed by atoms with van der Waals surface area (Å²) in [6.45, 7) is 8.31. The van der Waals surface area contributed by atoms with Crippen LogP contribution in [0.15, 0.2) is 18.2 Å². The van der Waals surface area contributed by atoms with Gasteiger partial charge in [0.15, 0.2) is 6.61 Å². The first kappa shape index (κ1) is 27.4. The van der Waals surface area contributed by atoms with Crippen LogP contribution in [0.4, 0.5) is 4.79 Å². The van der Waals surface area contributed by atoms with Crippen LogP contribution in [0.5, 0.6) is 5.75 Å². The van der Waals surface area contributed by atoms with Crippen molar-refractivity contribution in [3.63, 3.8) is 0 Å². The summed E-state index contributed by atoms with van der Waals surface area (Å²) in [5.41, 5.74) is -1.07. The van der Waals surface area contributed by atoms with E-state index in [0.717, 1.165) is 6.42 Å². The first-order valence-electron chi connectivity index (χ1n) is 11.7. The van der Waals surface area contributed by atoms with Gasteiger partial charge in [-0.15, -0.1) is 0 Å². The standard InChI is InChI=1S/C24H34Cl2N4O5/c1-23(2,3)35-22(33)28-12-14-7-8-27-18(9-14)21(32)30-24(4)11-19(24)29-20(31)13-34-15-5-6-16(25)17(26)10-15/h5-6,10,14,18-19,27H,7-9,11-13H2,1-4H3,(H,28,33)(H,29,31)(H,30,32). The lowest BCUT2D eigenvalue weighted by Crippen LogP contribution is -2.54. The van der Waals surface area contributed by atoms with Crippen LogP contribution >= 0.6 is 23.2 Å². The van der Waals surface area contributed by atoms with E-state index in [0.29, 0.717) is 41.7 Å². The van der Waals surface area contributed by atoms with E-state index >= 15 is 0 Å². The number of amides is 3. The van der Waals surface area contributed by atoms with Gasteiger partial charge in [0.25, 0.3) is 5.91 Å². The molecule has 0 aromatic heterocycles. The number of ether oxygens (including phenoxy) is 2. The van der Waals surface area contributed by atoms with Crippen molar-refractivity contribution in [2.24, 2.45) is 5.92 Å². The zero-order valence-electron chi connectivity index (χ0n) is 20.5. The Hall–Kier alpha value is -2.23. The number of benzene rings is 1. The van der Waals surface area contributed by atoms with E-state index in [4.69, 9.17) is 32.7 Å². The average Bonchev–Trinajstić information content (AvgIpc) is 3.39. The average molecular weight is 529 g/mol. The van der Waals surface area contributed by atoms with Crippen LogP contribution in [0, 0.1) is 5.92 Å². The van der Waals surface area contributed by atoms with E-state index in [2.05, 4.69) is 21.3 Å². The lowest BCUT2D eigenvalue weighted by molar-refractivity contribution is -0.126. The maximum Gasteiger partial charge on any atom is 0.407 e. The molecular formula is C24H34Cl2N4O5. The fraction of sp³-hybridized carbons (Fsp3) is 0.625. The van der Waals surface area contributed by atoms with Crippen LogP contribution in [0.1, 0.15) is 47.0 Å². The summed E-state index contributed by atoms with van der Waals surface area (Å²) in [5.74, 6) is 0.211. The Morgan fingerprint density at radius 2 is 1.94 bits per heavy atom. The van der Waals surface area contributed by atoms with Crippen molar-refractivity contribution in [1.29, 1.82) is 0 Å². The molecule has 1 aromatic rings. The predicted octanol–water partition coefficient (Wildman–Crippen LogP) is 3.03. The van der Waals surface area contributed by atoms with Gasteiger partial charge in [-0.05, 0) is 71.6 Å². The Bertz CT molecular complexity index is 954. The Balaban J connectivity index is 1.39. The first-order chi connectivity index (χ1) is 16.3. The van der Waals surface area contributed by atoms with Crippen LogP contribution in [0.3, 0.4) is 0 Å². The summed E-state index contributed by atoms with van der Waals surface area (Å²) in [6, 6.07) is 4.25. The molecule has 3 rings (SSSR count). The Kier molecular flexibility index (Phi) is 8.77. The fourth-order valence-corrected chi connectivity index (χ4v) is 4.24. The van der Waals surface area contributed by atoms with Crippen LogP contribution in [0.25, 0.3) is 0 Å². The zero-order valence-corrected chi connectivity index (χ0v) is 22.0. The van der Waals surface area contributed by atoms with Crippen molar-refractivity contribution in [2.75, 3.05) is 19.7 Å². The topological polar surface area (TPSA) is 118 Å². The van der Waals surface area contributed by atoms with Crippen LogP contribution in [-0.2, 0) is 14.3 Å². The molecular weight excluding hydrogens is 495 g/mol. The lowest BCUT2D eigenvalue weighted by atomic mass is 9.92. The molecule has 3 amide bonds. The van der Waals surface area contributed by atoms with E-state index in [-0.39, 0.29) is 36.4 Å². The maximum atomic E-state index is 12.9. The second-order valence-corrected chi connectivity index (χ2v) is 11.2. The van der Waals surface area contributed by atoms with Gasteiger partial charge in [-0.3, -0.25) is 9.59 Å². The Morgan fingerprint density at radius 3 is 2.63 bits per heavy atom. The summed E-state index contributed by atoms with van der Waals surface area (Å²) < 4.78 is 10.7. The van der Waals surface area contributed by atoms with E-state index in [1.54, 1.807) is 18.2 Å². The van der Waals surface area contributed by atoms with Gasteiger partial charge in [0, 0.05) is 12.6 Å². The quantitative estimate of drug-likeness (QED) is 0.411. The highest BCUT2D eigenvalue weighted by Gasteiger charge is 2.52. The van der Waals surface area contributed by atoms with Crippen molar-refractivity contribution in [3.8, 4) is 5.75 Å². The third-order valence-corrected chi connectivity index (χ3v) is 6.74. The largest absolute Gasteiger partial charge is 0.484 e. The number of halogens is 2. The predicted molar refractivity (Wildman–Crippen MR) is 134 cm³/mol. The summed E-state index contributed by atoms with van der Waals surface area (Å²) in [5, 5.41) is 12.7. The molecule has 9 nitrogen and oxygen atoms in total. The van der Waals surface area contributed by atoms with Crippen molar-refractivity contribution >= 4 is 41.1 Å². The van der Waals surface area contributed by atoms with Crippen LogP contribution in [0.2, 0.25) is 10.0 Å². The number of rotatable bonds is 8. The number of carbonyl (C=O) groups excluding carboxylic acids is 3. The molecule has 1 saturated carbocycles. The summed E-state index contributed by atoms with van der Waals surface area (Å²) in [4.78, 5) is 37.1. The van der Waals surface area contributed by atoms with Crippen molar-refractivity contribution in [3.05, 3.63) is 28.2 Å². The molecule has 4 atom stereocenters. The maximum absolute atomic E-state index is 12.9. The van der Waals surface area contributed by atoms with E-state index < -0.39 is 17.2 Å². The van der Waals surface area contributed by atoms with Crippen LogP contribution < -0.4 is 26.0 Å². The normalized spacial score (nSPS) is 25.8. The van der Waals surface area contributed by atoms with E-state index in [1.165, 1.54) is 0 Å².